The van der Waals surface area contributed by atoms with Crippen LogP contribution >= 0.6 is 12.4 Å². The summed E-state index contributed by atoms with van der Waals surface area (Å²) < 4.78 is 4.86. The molecule has 41 heavy (non-hydrogen) atoms. The van der Waals surface area contributed by atoms with Gasteiger partial charge in [-0.1, -0.05) is 103 Å². The van der Waals surface area contributed by atoms with Crippen molar-refractivity contribution in [3.63, 3.8) is 0 Å². The third-order valence-electron chi connectivity index (χ3n) is 6.89. The fourth-order valence-electron chi connectivity index (χ4n) is 4.85. The van der Waals surface area contributed by atoms with E-state index in [1.807, 2.05) is 30.3 Å². The number of nitrogens with zero attached hydrogens (tertiary/aromatic N) is 1. The van der Waals surface area contributed by atoms with Crippen LogP contribution in [0.4, 0.5) is 0 Å². The van der Waals surface area contributed by atoms with E-state index in [-0.39, 0.29) is 35.7 Å². The van der Waals surface area contributed by atoms with E-state index in [0.717, 1.165) is 18.5 Å². The highest BCUT2D eigenvalue weighted by Crippen LogP contribution is 2.34. The quantitative estimate of drug-likeness (QED) is 0.171. The highest BCUT2D eigenvalue weighted by atomic mass is 35.5. The smallest absolute Gasteiger partial charge is 0.220 e. The van der Waals surface area contributed by atoms with Gasteiger partial charge in [-0.2, -0.15) is 0 Å². The first kappa shape index (κ1) is 31.3. The lowest BCUT2D eigenvalue weighted by molar-refractivity contribution is -0.117. The molecular weight excluding hydrogens is 530 g/mol. The molecule has 0 saturated heterocycles. The van der Waals surface area contributed by atoms with Gasteiger partial charge in [0.15, 0.2) is 11.5 Å². The summed E-state index contributed by atoms with van der Waals surface area (Å²) in [7, 11) is 5.61. The van der Waals surface area contributed by atoms with Crippen LogP contribution in [-0.2, 0) is 14.3 Å². The van der Waals surface area contributed by atoms with Gasteiger partial charge in [-0.3, -0.25) is 9.59 Å². The second-order valence-corrected chi connectivity index (χ2v) is 9.88. The minimum atomic E-state index is -0.292. The molecule has 0 aliphatic heterocycles. The number of ether oxygens (including phenoxy) is 1. The van der Waals surface area contributed by atoms with Crippen molar-refractivity contribution in [3.8, 4) is 0 Å². The second kappa shape index (κ2) is 14.9. The number of fused-ring (bicyclic) bond motifs is 2. The normalized spacial score (nSPS) is 14.2. The molecule has 1 atom stereocenters. The van der Waals surface area contributed by atoms with Crippen LogP contribution in [-0.4, -0.2) is 44.2 Å². The third-order valence-corrected chi connectivity index (χ3v) is 6.89. The van der Waals surface area contributed by atoms with Crippen LogP contribution in [0.3, 0.4) is 0 Å². The maximum atomic E-state index is 12.1. The van der Waals surface area contributed by atoms with Crippen LogP contribution in [0.1, 0.15) is 40.2 Å². The Kier molecular flexibility index (Phi) is 11.4. The van der Waals surface area contributed by atoms with E-state index >= 15 is 0 Å². The van der Waals surface area contributed by atoms with Crippen LogP contribution in [0.2, 0.25) is 0 Å². The van der Waals surface area contributed by atoms with Gasteiger partial charge < -0.3 is 9.64 Å². The van der Waals surface area contributed by atoms with Crippen molar-refractivity contribution in [2.24, 2.45) is 0 Å². The van der Waals surface area contributed by atoms with E-state index in [9.17, 15) is 9.59 Å². The lowest BCUT2D eigenvalue weighted by Crippen LogP contribution is -2.18. The maximum absolute atomic E-state index is 12.1. The molecule has 4 nitrogen and oxygen atoms in total. The van der Waals surface area contributed by atoms with Gasteiger partial charge in [0, 0.05) is 24.1 Å². The summed E-state index contributed by atoms with van der Waals surface area (Å²) in [4.78, 5) is 26.1. The summed E-state index contributed by atoms with van der Waals surface area (Å²) in [6.07, 6.45) is 12.1. The Morgan fingerprint density at radius 3 is 1.90 bits per heavy atom. The number of ketones is 2. The minimum Gasteiger partial charge on any atom is -0.493 e. The highest BCUT2D eigenvalue weighted by Gasteiger charge is 2.26. The topological polar surface area (TPSA) is 46.6 Å². The van der Waals surface area contributed by atoms with E-state index < -0.39 is 0 Å². The van der Waals surface area contributed by atoms with Crippen LogP contribution in [0, 0.1) is 0 Å². The number of methoxy groups -OCH3 is 1. The molecule has 1 unspecified atom stereocenters. The largest absolute Gasteiger partial charge is 0.493 e. The van der Waals surface area contributed by atoms with Gasteiger partial charge in [0.25, 0.3) is 0 Å². The molecule has 0 saturated carbocycles. The summed E-state index contributed by atoms with van der Waals surface area (Å²) >= 11 is 0. The molecule has 3 aromatic rings. The number of hydrogen-bond acceptors (Lipinski definition) is 4. The van der Waals surface area contributed by atoms with E-state index in [1.165, 1.54) is 47.1 Å². The molecule has 5 heteroatoms. The Morgan fingerprint density at radius 2 is 1.37 bits per heavy atom. The number of allylic oxidation sites excluding steroid dienone is 4. The fourth-order valence-corrected chi connectivity index (χ4v) is 4.85. The highest BCUT2D eigenvalue weighted by molar-refractivity contribution is 6.19. The Hall–Kier alpha value is -4.25. The summed E-state index contributed by atoms with van der Waals surface area (Å²) in [5.41, 5.74) is 7.96. The maximum Gasteiger partial charge on any atom is 0.220 e. The van der Waals surface area contributed by atoms with Crippen molar-refractivity contribution in [3.05, 3.63) is 149 Å². The van der Waals surface area contributed by atoms with E-state index in [4.69, 9.17) is 4.74 Å². The molecule has 0 spiro atoms. The molecule has 0 bridgehead atoms. The third kappa shape index (κ3) is 7.69. The zero-order valence-corrected chi connectivity index (χ0v) is 24.6. The molecule has 0 amide bonds. The van der Waals surface area contributed by atoms with Crippen molar-refractivity contribution < 1.29 is 14.3 Å². The van der Waals surface area contributed by atoms with Crippen LogP contribution < -0.4 is 0 Å². The van der Waals surface area contributed by atoms with Crippen LogP contribution in [0.25, 0.3) is 17.7 Å². The summed E-state index contributed by atoms with van der Waals surface area (Å²) in [5.74, 6) is -0.720. The average molecular weight is 566 g/mol. The molecular formula is C36H36ClNO3. The van der Waals surface area contributed by atoms with Gasteiger partial charge in [0.2, 0.25) is 5.78 Å². The lowest BCUT2D eigenvalue weighted by atomic mass is 9.85. The lowest BCUT2D eigenvalue weighted by Gasteiger charge is -2.18. The van der Waals surface area contributed by atoms with Gasteiger partial charge in [0.05, 0.1) is 7.11 Å². The number of hydrogen-bond donors (Lipinski definition) is 0. The second-order valence-electron chi connectivity index (χ2n) is 9.88. The number of carbonyl (C=O) groups is 2. The summed E-state index contributed by atoms with van der Waals surface area (Å²) in [6.45, 7) is 4.83. The van der Waals surface area contributed by atoms with Gasteiger partial charge in [-0.25, -0.2) is 0 Å². The van der Waals surface area contributed by atoms with Gasteiger partial charge >= 0.3 is 0 Å². The number of halogens is 1. The van der Waals surface area contributed by atoms with Crippen molar-refractivity contribution in [2.75, 3.05) is 27.7 Å². The first-order valence-electron chi connectivity index (χ1n) is 13.4. The molecule has 0 fully saturated rings. The summed E-state index contributed by atoms with van der Waals surface area (Å²) in [6, 6.07) is 26.8. The molecule has 210 valence electrons. The number of benzene rings is 3. The van der Waals surface area contributed by atoms with E-state index in [2.05, 4.69) is 92.3 Å². The number of carbonyl (C=O) groups excluding carboxylic acids is 2. The minimum absolute atomic E-state index is 0. The Bertz CT molecular complexity index is 1460. The predicted octanol–water partition coefficient (Wildman–Crippen LogP) is 7.54. The Morgan fingerprint density at radius 1 is 0.805 bits per heavy atom. The first-order valence-corrected chi connectivity index (χ1v) is 13.4. The molecule has 2 aliphatic rings. The van der Waals surface area contributed by atoms with Crippen molar-refractivity contribution >= 4 is 41.7 Å². The van der Waals surface area contributed by atoms with Crippen LogP contribution in [0.15, 0.2) is 121 Å². The van der Waals surface area contributed by atoms with E-state index in [0.29, 0.717) is 5.57 Å². The predicted molar refractivity (Wildman–Crippen MR) is 172 cm³/mol. The van der Waals surface area contributed by atoms with Crippen molar-refractivity contribution in [1.29, 1.82) is 0 Å². The molecule has 0 radical (unpaired) electrons. The molecule has 2 aliphatic carbocycles. The van der Waals surface area contributed by atoms with Crippen molar-refractivity contribution in [2.45, 2.75) is 12.3 Å². The monoisotopic (exact) mass is 565 g/mol. The molecule has 5 rings (SSSR count). The molecule has 0 N–H and O–H groups in total. The standard InChI is InChI=1S/C20H21N.C16H14O3.ClH/c1-21(2)15-7-12-20-18-10-5-3-8-16(18)13-14-17-9-4-6-11-19(17)20;1-3-12(11-7-5-4-6-8-11)13-9-15(18)16(19-2)10-14(13)17;/h3-6,8-14H,7,15H2,1-2H3;3-10,12H,1H2,2H3;1H. The molecule has 3 aromatic carbocycles. The number of rotatable bonds is 7. The van der Waals surface area contributed by atoms with E-state index in [1.54, 1.807) is 6.08 Å². The average Bonchev–Trinajstić information content (AvgIpc) is 3.13. The zero-order chi connectivity index (χ0) is 28.5. The fraction of sp³-hybridized carbons (Fsp3) is 0.167. The van der Waals surface area contributed by atoms with Gasteiger partial charge in [-0.15, -0.1) is 19.0 Å². The van der Waals surface area contributed by atoms with Gasteiger partial charge in [0.1, 0.15) is 0 Å². The van der Waals surface area contributed by atoms with Crippen molar-refractivity contribution in [1.82, 2.24) is 4.90 Å². The van der Waals surface area contributed by atoms with Gasteiger partial charge in [-0.05, 0) is 60.0 Å². The molecule has 0 heterocycles. The summed E-state index contributed by atoms with van der Waals surface area (Å²) in [5, 5.41) is 0. The Balaban J connectivity index is 0.000000221. The SMILES string of the molecule is C=CC(C1=CC(=O)C(OC)=CC1=O)c1ccccc1.CN(C)CCC=C1c2ccccc2C=Cc2ccccc21.Cl. The Labute approximate surface area is 249 Å². The van der Waals surface area contributed by atoms with Crippen LogP contribution in [0.5, 0.6) is 0 Å². The first-order chi connectivity index (χ1) is 19.4. The zero-order valence-electron chi connectivity index (χ0n) is 23.7. The molecule has 0 aromatic heterocycles.